The summed E-state index contributed by atoms with van der Waals surface area (Å²) in [5, 5.41) is 0. The Hall–Kier alpha value is -6.42. The predicted molar refractivity (Wildman–Crippen MR) is 214 cm³/mol. The van der Waals surface area contributed by atoms with Crippen molar-refractivity contribution in [2.45, 2.75) is 39.5 Å². The van der Waals surface area contributed by atoms with Gasteiger partial charge in [0.05, 0.1) is 61.9 Å². The molecule has 260 valence electrons. The van der Waals surface area contributed by atoms with Crippen LogP contribution in [0.1, 0.15) is 45.6 Å². The molecule has 0 fully saturated rings. The number of pyridine rings is 2. The van der Waals surface area contributed by atoms with Gasteiger partial charge in [0.25, 0.3) is 0 Å². The molecule has 5 heterocycles. The summed E-state index contributed by atoms with van der Waals surface area (Å²) in [5.74, 6) is 2.02. The first-order chi connectivity index (χ1) is 25.3. The van der Waals surface area contributed by atoms with Gasteiger partial charge in [0.1, 0.15) is 11.6 Å². The number of aromatic nitrogens is 8. The van der Waals surface area contributed by atoms with Crippen molar-refractivity contribution >= 4 is 59.0 Å². The fourth-order valence-electron chi connectivity index (χ4n) is 6.33. The number of hydrogen-bond acceptors (Lipinski definition) is 8. The van der Waals surface area contributed by atoms with Gasteiger partial charge in [-0.3, -0.25) is 29.9 Å². The first-order valence-electron chi connectivity index (χ1n) is 17.1. The van der Waals surface area contributed by atoms with Gasteiger partial charge >= 0.3 is 0 Å². The molecule has 5 aromatic heterocycles. The molecular formula is C42H42N10. The highest BCUT2D eigenvalue weighted by Crippen LogP contribution is 2.30. The average Bonchev–Trinajstić information content (AvgIpc) is 3.68. The zero-order valence-corrected chi connectivity index (χ0v) is 30.2. The number of rotatable bonds is 11. The topological polar surface area (TPSA) is 112 Å². The van der Waals surface area contributed by atoms with Gasteiger partial charge in [-0.2, -0.15) is 0 Å². The maximum absolute atomic E-state index is 4.85. The number of fused-ring (bicyclic) bond motifs is 2. The Morgan fingerprint density at radius 3 is 1.79 bits per heavy atom. The maximum atomic E-state index is 4.85. The van der Waals surface area contributed by atoms with Crippen molar-refractivity contribution in [1.82, 2.24) is 39.0 Å². The summed E-state index contributed by atoms with van der Waals surface area (Å²) in [6, 6.07) is 19.9. The summed E-state index contributed by atoms with van der Waals surface area (Å²) in [6.07, 6.45) is 10.4. The molecule has 0 unspecified atom stereocenters. The molecule has 0 aliphatic heterocycles. The minimum Gasteiger partial charge on any atom is -0.331 e. The van der Waals surface area contributed by atoms with Crippen LogP contribution in [0.3, 0.4) is 0 Å². The first-order valence-corrected chi connectivity index (χ1v) is 17.1. The molecule has 7 aromatic rings. The number of benzene rings is 2. The molecule has 0 saturated carbocycles. The van der Waals surface area contributed by atoms with Crippen LogP contribution >= 0.6 is 0 Å². The summed E-state index contributed by atoms with van der Waals surface area (Å²) in [5.41, 5.74) is 13.2. The van der Waals surface area contributed by atoms with E-state index < -0.39 is 0 Å². The van der Waals surface area contributed by atoms with Crippen LogP contribution in [-0.2, 0) is 39.8 Å². The van der Waals surface area contributed by atoms with Crippen molar-refractivity contribution in [1.29, 1.82) is 0 Å². The highest BCUT2D eigenvalue weighted by atomic mass is 15.1. The minimum atomic E-state index is 0.789. The van der Waals surface area contributed by atoms with Crippen LogP contribution in [0, 0.1) is 13.8 Å². The molecule has 10 heteroatoms. The Morgan fingerprint density at radius 2 is 1.23 bits per heavy atom. The number of imidazole rings is 2. The van der Waals surface area contributed by atoms with Crippen LogP contribution in [0.15, 0.2) is 96.2 Å². The minimum absolute atomic E-state index is 0.789. The first kappa shape index (κ1) is 35.4. The SMILES string of the molecule is C=Cc1c(N=C)ccc2c1nc(CCc1cccc(-c3ccccn3)n1)n2C.C=Cc1c(N=C)ccc2c1nc(CCc1nc(C)cnc1C)n2C. The second-order valence-electron chi connectivity index (χ2n) is 12.4. The number of aryl methyl sites for hydroxylation is 8. The van der Waals surface area contributed by atoms with Crippen molar-refractivity contribution < 1.29 is 0 Å². The van der Waals surface area contributed by atoms with E-state index in [9.17, 15) is 0 Å². The lowest BCUT2D eigenvalue weighted by molar-refractivity contribution is 0.764. The molecule has 52 heavy (non-hydrogen) atoms. The normalized spacial score (nSPS) is 10.9. The Morgan fingerprint density at radius 1 is 0.635 bits per heavy atom. The van der Waals surface area contributed by atoms with Crippen molar-refractivity contribution in [2.24, 2.45) is 24.1 Å². The van der Waals surface area contributed by atoms with Gasteiger partial charge < -0.3 is 9.13 Å². The number of aliphatic imine (C=N–C) groups is 2. The predicted octanol–water partition coefficient (Wildman–Crippen LogP) is 8.53. The van der Waals surface area contributed by atoms with Crippen LogP contribution in [0.4, 0.5) is 11.4 Å². The van der Waals surface area contributed by atoms with Crippen molar-refractivity contribution in [3.63, 3.8) is 0 Å². The molecule has 0 aliphatic rings. The van der Waals surface area contributed by atoms with Gasteiger partial charge in [0.15, 0.2) is 0 Å². The molecule has 2 aromatic carbocycles. The lowest BCUT2D eigenvalue weighted by Crippen LogP contribution is -2.05. The summed E-state index contributed by atoms with van der Waals surface area (Å²) in [6.45, 7) is 19.0. The summed E-state index contributed by atoms with van der Waals surface area (Å²) >= 11 is 0. The quantitative estimate of drug-likeness (QED) is 0.126. The Kier molecular flexibility index (Phi) is 10.6. The third kappa shape index (κ3) is 7.22. The van der Waals surface area contributed by atoms with E-state index in [1.165, 1.54) is 0 Å². The average molecular weight is 687 g/mol. The largest absolute Gasteiger partial charge is 0.331 e. The smallest absolute Gasteiger partial charge is 0.110 e. The van der Waals surface area contributed by atoms with Gasteiger partial charge in [0.2, 0.25) is 0 Å². The van der Waals surface area contributed by atoms with E-state index in [4.69, 9.17) is 15.0 Å². The molecule has 0 aliphatic carbocycles. The van der Waals surface area contributed by atoms with Crippen molar-refractivity contribution in [3.8, 4) is 11.4 Å². The van der Waals surface area contributed by atoms with Crippen molar-refractivity contribution in [3.05, 3.63) is 132 Å². The number of hydrogen-bond donors (Lipinski definition) is 0. The molecule has 0 saturated heterocycles. The Bertz CT molecular complexity index is 2440. The van der Waals surface area contributed by atoms with E-state index in [1.807, 2.05) is 88.6 Å². The zero-order valence-electron chi connectivity index (χ0n) is 30.2. The molecule has 0 spiro atoms. The van der Waals surface area contributed by atoms with E-state index in [0.29, 0.717) is 0 Å². The van der Waals surface area contributed by atoms with Crippen LogP contribution < -0.4 is 0 Å². The van der Waals surface area contributed by atoms with Crippen molar-refractivity contribution in [2.75, 3.05) is 0 Å². The Balaban J connectivity index is 0.000000181. The molecule has 0 radical (unpaired) electrons. The monoisotopic (exact) mass is 686 g/mol. The molecule has 7 rings (SSSR count). The van der Waals surface area contributed by atoms with E-state index in [0.717, 1.165) is 116 Å². The van der Waals surface area contributed by atoms with Gasteiger partial charge in [-0.15, -0.1) is 0 Å². The zero-order chi connectivity index (χ0) is 36.8. The van der Waals surface area contributed by atoms with E-state index in [2.05, 4.69) is 60.7 Å². The molecule has 0 amide bonds. The summed E-state index contributed by atoms with van der Waals surface area (Å²) in [4.78, 5) is 35.9. The maximum Gasteiger partial charge on any atom is 0.110 e. The second kappa shape index (κ2) is 15.6. The highest BCUT2D eigenvalue weighted by Gasteiger charge is 2.15. The van der Waals surface area contributed by atoms with Crippen LogP contribution in [0.5, 0.6) is 0 Å². The molecule has 0 N–H and O–H groups in total. The highest BCUT2D eigenvalue weighted by molar-refractivity contribution is 5.92. The molecule has 0 atom stereocenters. The van der Waals surface area contributed by atoms with E-state index >= 15 is 0 Å². The van der Waals surface area contributed by atoms with Gasteiger partial charge in [-0.1, -0.05) is 37.4 Å². The third-order valence-corrected chi connectivity index (χ3v) is 9.17. The molecular weight excluding hydrogens is 645 g/mol. The fraction of sp³-hybridized carbons (Fsp3) is 0.190. The lowest BCUT2D eigenvalue weighted by atomic mass is 10.1. The van der Waals surface area contributed by atoms with Gasteiger partial charge in [-0.05, 0) is 88.7 Å². The standard InChI is InChI=1S/C23H21N5.C19H21N5/c1-4-17-18(24-2)12-13-21-23(17)27-22(28(21)3)14-11-16-8-7-10-20(26-16)19-9-5-6-15-25-19;1-6-14-16(20-4)7-9-17-19(14)23-18(24(17)5)10-8-15-13(3)21-11-12(2)22-15/h4-10,12-13,15H,1-2,11,14H2,3H3;6-7,9,11H,1,4,8,10H2,2-3,5H3. The van der Waals surface area contributed by atoms with E-state index in [1.54, 1.807) is 24.5 Å². The van der Waals surface area contributed by atoms with E-state index in [-0.39, 0.29) is 0 Å². The second-order valence-corrected chi connectivity index (χ2v) is 12.4. The van der Waals surface area contributed by atoms with Gasteiger partial charge in [0, 0.05) is 56.2 Å². The van der Waals surface area contributed by atoms with Gasteiger partial charge in [-0.25, -0.2) is 9.97 Å². The Labute approximate surface area is 304 Å². The molecule has 10 nitrogen and oxygen atoms in total. The summed E-state index contributed by atoms with van der Waals surface area (Å²) < 4.78 is 4.24. The lowest BCUT2D eigenvalue weighted by Gasteiger charge is -2.06. The van der Waals surface area contributed by atoms with Crippen LogP contribution in [0.2, 0.25) is 0 Å². The third-order valence-electron chi connectivity index (χ3n) is 9.17. The van der Waals surface area contributed by atoms with Crippen LogP contribution in [0.25, 0.3) is 45.6 Å². The molecule has 0 bridgehead atoms. The fourth-order valence-corrected chi connectivity index (χ4v) is 6.33. The van der Waals surface area contributed by atoms with Crippen LogP contribution in [-0.4, -0.2) is 52.5 Å². The number of nitrogens with zero attached hydrogens (tertiary/aromatic N) is 10. The summed E-state index contributed by atoms with van der Waals surface area (Å²) in [7, 11) is 4.07.